The maximum atomic E-state index is 12.4. The average Bonchev–Trinajstić information content (AvgIpc) is 2.88. The highest BCUT2D eigenvalue weighted by atomic mass is 35.5. The molecule has 0 aromatic heterocycles. The van der Waals surface area contributed by atoms with Crippen molar-refractivity contribution in [2.45, 2.75) is 43.4 Å². The molecule has 3 aliphatic carbocycles. The molecule has 0 spiro atoms. The lowest BCUT2D eigenvalue weighted by Crippen LogP contribution is -2.35. The normalized spacial score (nSPS) is 37.9. The van der Waals surface area contributed by atoms with Crippen LogP contribution in [0.3, 0.4) is 0 Å². The molecule has 0 heterocycles. The first-order valence-corrected chi connectivity index (χ1v) is 6.82. The van der Waals surface area contributed by atoms with E-state index in [0.717, 1.165) is 18.4 Å². The van der Waals surface area contributed by atoms with Gasteiger partial charge in [0.05, 0.1) is 5.76 Å². The summed E-state index contributed by atoms with van der Waals surface area (Å²) in [4.78, 5) is 11.8. The molecular weight excluding hydrogens is 236 g/mol. The number of alkyl halides is 1. The maximum Gasteiger partial charge on any atom is 0.180 e. The minimum Gasteiger partial charge on any atom is -0.512 e. The second-order valence-corrected chi connectivity index (χ2v) is 6.23. The van der Waals surface area contributed by atoms with E-state index in [1.807, 2.05) is 0 Å². The molecule has 92 valence electrons. The van der Waals surface area contributed by atoms with Gasteiger partial charge in [0.2, 0.25) is 0 Å². The van der Waals surface area contributed by atoms with Gasteiger partial charge in [-0.15, -0.1) is 11.6 Å². The zero-order valence-corrected chi connectivity index (χ0v) is 10.5. The number of aliphatic hydroxyl groups excluding tert-OH is 1. The van der Waals surface area contributed by atoms with Crippen molar-refractivity contribution in [1.82, 2.24) is 0 Å². The molecule has 0 aromatic carbocycles. The van der Waals surface area contributed by atoms with Gasteiger partial charge >= 0.3 is 0 Å². The number of hydrogen-bond donors (Lipinski definition) is 1. The number of hydrogen-bond acceptors (Lipinski definition) is 2. The van der Waals surface area contributed by atoms with Crippen molar-refractivity contribution in [3.63, 3.8) is 0 Å². The fourth-order valence-electron chi connectivity index (χ4n) is 3.62. The Hall–Kier alpha value is -0.760. The van der Waals surface area contributed by atoms with E-state index in [9.17, 15) is 9.90 Å². The molecule has 0 radical (unpaired) electrons. The molecule has 2 nitrogen and oxygen atoms in total. The zero-order chi connectivity index (χ0) is 12.0. The second kappa shape index (κ2) is 3.88. The van der Waals surface area contributed by atoms with Crippen LogP contribution in [0.15, 0.2) is 23.5 Å². The maximum absolute atomic E-state index is 12.4. The van der Waals surface area contributed by atoms with Gasteiger partial charge in [0.15, 0.2) is 5.78 Å². The molecule has 3 aliphatic rings. The fourth-order valence-corrected chi connectivity index (χ4v) is 4.14. The van der Waals surface area contributed by atoms with Crippen molar-refractivity contribution in [2.75, 3.05) is 0 Å². The predicted octanol–water partition coefficient (Wildman–Crippen LogP) is 3.52. The molecule has 0 aromatic rings. The van der Waals surface area contributed by atoms with Gasteiger partial charge in [-0.1, -0.05) is 18.9 Å². The van der Waals surface area contributed by atoms with Gasteiger partial charge in [-0.25, -0.2) is 0 Å². The van der Waals surface area contributed by atoms with E-state index >= 15 is 0 Å². The van der Waals surface area contributed by atoms with Gasteiger partial charge in [-0.3, -0.25) is 4.79 Å². The number of aliphatic hydroxyl groups is 1. The van der Waals surface area contributed by atoms with E-state index < -0.39 is 4.87 Å². The highest BCUT2D eigenvalue weighted by Gasteiger charge is 2.53. The number of ketones is 1. The van der Waals surface area contributed by atoms with Crippen molar-refractivity contribution in [1.29, 1.82) is 0 Å². The van der Waals surface area contributed by atoms with Crippen LogP contribution < -0.4 is 0 Å². The van der Waals surface area contributed by atoms with E-state index in [2.05, 4.69) is 0 Å². The molecule has 17 heavy (non-hydrogen) atoms. The Morgan fingerprint density at radius 3 is 2.71 bits per heavy atom. The number of allylic oxidation sites excluding steroid dienone is 4. The molecule has 2 saturated carbocycles. The third-order valence-corrected chi connectivity index (χ3v) is 5.17. The molecule has 2 unspecified atom stereocenters. The SMILES string of the molecule is O=C1C2=CC=C(O)CC2CC1(Cl)C1CCCC1. The standard InChI is InChI=1S/C14H17ClO2/c15-14(10-3-1-2-4-10)8-9-7-11(16)5-6-12(9)13(14)17/h5-6,9-10,16H,1-4,7-8H2. The number of Topliss-reactive ketones (excluding diaryl/α,β-unsaturated/α-hetero) is 1. The van der Waals surface area contributed by atoms with Crippen molar-refractivity contribution < 1.29 is 9.90 Å². The minimum atomic E-state index is -0.675. The monoisotopic (exact) mass is 252 g/mol. The Morgan fingerprint density at radius 1 is 1.29 bits per heavy atom. The highest BCUT2D eigenvalue weighted by molar-refractivity contribution is 6.39. The quantitative estimate of drug-likeness (QED) is 0.725. The zero-order valence-electron chi connectivity index (χ0n) is 9.79. The van der Waals surface area contributed by atoms with Crippen LogP contribution in [-0.2, 0) is 4.79 Å². The van der Waals surface area contributed by atoms with E-state index in [1.54, 1.807) is 12.2 Å². The van der Waals surface area contributed by atoms with Crippen molar-refractivity contribution in [3.05, 3.63) is 23.5 Å². The third kappa shape index (κ3) is 1.65. The summed E-state index contributed by atoms with van der Waals surface area (Å²) >= 11 is 6.65. The van der Waals surface area contributed by atoms with Crippen LogP contribution in [-0.4, -0.2) is 15.8 Å². The third-order valence-electron chi connectivity index (χ3n) is 4.54. The van der Waals surface area contributed by atoms with Crippen LogP contribution in [0, 0.1) is 11.8 Å². The Labute approximate surface area is 106 Å². The van der Waals surface area contributed by atoms with Crippen LogP contribution in [0.1, 0.15) is 38.5 Å². The molecule has 0 amide bonds. The fraction of sp³-hybridized carbons (Fsp3) is 0.643. The summed E-state index contributed by atoms with van der Waals surface area (Å²) < 4.78 is 0. The van der Waals surface area contributed by atoms with E-state index in [0.29, 0.717) is 24.5 Å². The summed E-state index contributed by atoms with van der Waals surface area (Å²) in [7, 11) is 0. The number of rotatable bonds is 1. The number of halogens is 1. The van der Waals surface area contributed by atoms with Gasteiger partial charge in [0, 0.05) is 12.0 Å². The lowest BCUT2D eigenvalue weighted by atomic mass is 9.86. The molecular formula is C14H17ClO2. The van der Waals surface area contributed by atoms with E-state index in [4.69, 9.17) is 11.6 Å². The molecule has 2 fully saturated rings. The lowest BCUT2D eigenvalue weighted by molar-refractivity contribution is -0.118. The Kier molecular flexibility index (Phi) is 2.58. The summed E-state index contributed by atoms with van der Waals surface area (Å²) in [5.41, 5.74) is 0.838. The highest BCUT2D eigenvalue weighted by Crippen LogP contribution is 2.52. The Morgan fingerprint density at radius 2 is 2.00 bits per heavy atom. The Bertz CT molecular complexity index is 418. The van der Waals surface area contributed by atoms with Crippen LogP contribution in [0.4, 0.5) is 0 Å². The topological polar surface area (TPSA) is 37.3 Å². The molecule has 0 saturated heterocycles. The van der Waals surface area contributed by atoms with Crippen molar-refractivity contribution in [3.8, 4) is 0 Å². The summed E-state index contributed by atoms with van der Waals surface area (Å²) in [5.74, 6) is 0.981. The molecule has 0 bridgehead atoms. The summed E-state index contributed by atoms with van der Waals surface area (Å²) in [6, 6.07) is 0. The van der Waals surface area contributed by atoms with Gasteiger partial charge in [-0.05, 0) is 37.2 Å². The Balaban J connectivity index is 1.90. The number of carbonyl (C=O) groups excluding carboxylic acids is 1. The first kappa shape index (κ1) is 11.3. The molecule has 3 rings (SSSR count). The number of fused-ring (bicyclic) bond motifs is 1. The lowest BCUT2D eigenvalue weighted by Gasteiger charge is -2.26. The first-order chi connectivity index (χ1) is 8.11. The first-order valence-electron chi connectivity index (χ1n) is 6.44. The molecule has 0 aliphatic heterocycles. The van der Waals surface area contributed by atoms with Gasteiger partial charge in [0.1, 0.15) is 4.87 Å². The van der Waals surface area contributed by atoms with Crippen LogP contribution in [0.25, 0.3) is 0 Å². The van der Waals surface area contributed by atoms with E-state index in [-0.39, 0.29) is 11.7 Å². The minimum absolute atomic E-state index is 0.125. The van der Waals surface area contributed by atoms with Crippen molar-refractivity contribution >= 4 is 17.4 Å². The molecule has 2 atom stereocenters. The summed E-state index contributed by atoms with van der Waals surface area (Å²) in [5, 5.41) is 9.54. The predicted molar refractivity (Wildman–Crippen MR) is 67.1 cm³/mol. The van der Waals surface area contributed by atoms with Crippen LogP contribution >= 0.6 is 11.6 Å². The van der Waals surface area contributed by atoms with Crippen molar-refractivity contribution in [2.24, 2.45) is 11.8 Å². The van der Waals surface area contributed by atoms with Crippen LogP contribution in [0.5, 0.6) is 0 Å². The molecule has 3 heteroatoms. The van der Waals surface area contributed by atoms with Crippen LogP contribution in [0.2, 0.25) is 0 Å². The summed E-state index contributed by atoms with van der Waals surface area (Å²) in [6.45, 7) is 0. The summed E-state index contributed by atoms with van der Waals surface area (Å²) in [6.07, 6.45) is 9.25. The van der Waals surface area contributed by atoms with Gasteiger partial charge in [-0.2, -0.15) is 0 Å². The smallest absolute Gasteiger partial charge is 0.180 e. The van der Waals surface area contributed by atoms with E-state index in [1.165, 1.54) is 12.8 Å². The molecule has 1 N–H and O–H groups in total. The van der Waals surface area contributed by atoms with Gasteiger partial charge < -0.3 is 5.11 Å². The van der Waals surface area contributed by atoms with Gasteiger partial charge in [0.25, 0.3) is 0 Å². The largest absolute Gasteiger partial charge is 0.512 e. The number of carbonyl (C=O) groups is 1. The second-order valence-electron chi connectivity index (χ2n) is 5.56. The average molecular weight is 253 g/mol.